The van der Waals surface area contributed by atoms with Crippen LogP contribution in [0.2, 0.25) is 0 Å². The number of rotatable bonds is 6. The molecule has 0 aliphatic rings. The average Bonchev–Trinajstić information content (AvgIpc) is 2.29. The van der Waals surface area contributed by atoms with Crippen molar-refractivity contribution < 1.29 is 4.39 Å². The van der Waals surface area contributed by atoms with E-state index in [0.717, 1.165) is 24.8 Å². The highest BCUT2D eigenvalue weighted by atomic mass is 79.9. The lowest BCUT2D eigenvalue weighted by Crippen LogP contribution is -2.30. The Hall–Kier alpha value is -0.410. The number of aryl methyl sites for hydroxylation is 1. The maximum atomic E-state index is 13.3. The minimum Gasteiger partial charge on any atom is -0.317 e. The van der Waals surface area contributed by atoms with E-state index in [-0.39, 0.29) is 5.82 Å². The summed E-state index contributed by atoms with van der Waals surface area (Å²) in [7, 11) is 2.00. The van der Waals surface area contributed by atoms with Crippen LogP contribution in [0.15, 0.2) is 22.7 Å². The second kappa shape index (κ2) is 7.12. The van der Waals surface area contributed by atoms with Gasteiger partial charge in [0.25, 0.3) is 0 Å². The number of benzene rings is 1. The van der Waals surface area contributed by atoms with Crippen LogP contribution in [0, 0.1) is 11.7 Å². The molecule has 96 valence electrons. The van der Waals surface area contributed by atoms with Gasteiger partial charge in [-0.05, 0) is 59.8 Å². The lowest BCUT2D eigenvalue weighted by Gasteiger charge is -2.20. The Balaban J connectivity index is 2.48. The molecule has 1 nitrogen and oxygen atoms in total. The molecule has 0 radical (unpaired) electrons. The summed E-state index contributed by atoms with van der Waals surface area (Å²) < 4.78 is 13.9. The van der Waals surface area contributed by atoms with E-state index >= 15 is 0 Å². The number of nitrogens with one attached hydrogen (secondary N) is 1. The molecule has 0 saturated carbocycles. The lowest BCUT2D eigenvalue weighted by atomic mass is 9.97. The van der Waals surface area contributed by atoms with E-state index < -0.39 is 0 Å². The molecule has 0 aliphatic carbocycles. The van der Waals surface area contributed by atoms with E-state index in [4.69, 9.17) is 0 Å². The first-order valence-corrected chi connectivity index (χ1v) is 6.95. The largest absolute Gasteiger partial charge is 0.317 e. The van der Waals surface area contributed by atoms with Crippen LogP contribution < -0.4 is 5.32 Å². The summed E-state index contributed by atoms with van der Waals surface area (Å²) in [5, 5.41) is 3.33. The van der Waals surface area contributed by atoms with Gasteiger partial charge < -0.3 is 5.32 Å². The van der Waals surface area contributed by atoms with Gasteiger partial charge in [0.05, 0.1) is 4.47 Å². The topological polar surface area (TPSA) is 12.0 Å². The molecule has 0 amide bonds. The van der Waals surface area contributed by atoms with Gasteiger partial charge >= 0.3 is 0 Å². The molecule has 1 aromatic rings. The second-order valence-corrected chi connectivity index (χ2v) is 5.54. The van der Waals surface area contributed by atoms with E-state index in [9.17, 15) is 4.39 Å². The van der Waals surface area contributed by atoms with Crippen molar-refractivity contribution in [3.8, 4) is 0 Å². The third kappa shape index (κ3) is 4.40. The van der Waals surface area contributed by atoms with Gasteiger partial charge in [-0.15, -0.1) is 0 Å². The van der Waals surface area contributed by atoms with Crippen molar-refractivity contribution in [1.82, 2.24) is 5.32 Å². The molecule has 1 atom stereocenters. The smallest absolute Gasteiger partial charge is 0.137 e. The summed E-state index contributed by atoms with van der Waals surface area (Å²) in [4.78, 5) is 0. The van der Waals surface area contributed by atoms with E-state index in [1.807, 2.05) is 13.1 Å². The highest BCUT2D eigenvalue weighted by Gasteiger charge is 2.11. The van der Waals surface area contributed by atoms with Crippen molar-refractivity contribution in [3.05, 3.63) is 34.1 Å². The van der Waals surface area contributed by atoms with Gasteiger partial charge in [-0.1, -0.05) is 26.0 Å². The highest BCUT2D eigenvalue weighted by molar-refractivity contribution is 9.10. The van der Waals surface area contributed by atoms with Crippen LogP contribution in [0.3, 0.4) is 0 Å². The van der Waals surface area contributed by atoms with Crippen molar-refractivity contribution in [3.63, 3.8) is 0 Å². The molecule has 0 aromatic heterocycles. The first-order chi connectivity index (χ1) is 8.06. The minimum absolute atomic E-state index is 0.170. The molecule has 1 aromatic carbocycles. The Bertz CT molecular complexity index is 352. The summed E-state index contributed by atoms with van der Waals surface area (Å²) in [5.41, 5.74) is 1.06. The quantitative estimate of drug-likeness (QED) is 0.832. The van der Waals surface area contributed by atoms with Gasteiger partial charge in [0.1, 0.15) is 5.82 Å². The molecule has 3 heteroatoms. The van der Waals surface area contributed by atoms with Crippen molar-refractivity contribution in [1.29, 1.82) is 0 Å². The standard InChI is InChI=1S/C14H21BrFN/c1-10(2)13(17-3)9-5-7-11-6-4-8-12(16)14(11)15/h4,6,8,10,13,17H,5,7,9H2,1-3H3. The van der Waals surface area contributed by atoms with E-state index in [0.29, 0.717) is 16.4 Å². The van der Waals surface area contributed by atoms with E-state index in [1.165, 1.54) is 6.07 Å². The molecular weight excluding hydrogens is 281 g/mol. The fourth-order valence-corrected chi connectivity index (χ4v) is 2.53. The third-order valence-corrected chi connectivity index (χ3v) is 4.06. The number of hydrogen-bond donors (Lipinski definition) is 1. The van der Waals surface area contributed by atoms with Crippen LogP contribution in [0.1, 0.15) is 32.3 Å². The van der Waals surface area contributed by atoms with Crippen molar-refractivity contribution in [2.45, 2.75) is 39.2 Å². The third-order valence-electron chi connectivity index (χ3n) is 3.17. The molecule has 1 rings (SSSR count). The molecule has 1 unspecified atom stereocenters. The Kier molecular flexibility index (Phi) is 6.14. The second-order valence-electron chi connectivity index (χ2n) is 4.74. The Morgan fingerprint density at radius 2 is 2.06 bits per heavy atom. The summed E-state index contributed by atoms with van der Waals surface area (Å²) in [6.45, 7) is 4.44. The number of hydrogen-bond acceptors (Lipinski definition) is 1. The van der Waals surface area contributed by atoms with Gasteiger partial charge in [-0.25, -0.2) is 4.39 Å². The molecule has 0 spiro atoms. The molecule has 17 heavy (non-hydrogen) atoms. The Morgan fingerprint density at radius 3 is 2.65 bits per heavy atom. The zero-order chi connectivity index (χ0) is 12.8. The Morgan fingerprint density at radius 1 is 1.35 bits per heavy atom. The summed E-state index contributed by atoms with van der Waals surface area (Å²) in [5.74, 6) is 0.465. The first-order valence-electron chi connectivity index (χ1n) is 6.16. The van der Waals surface area contributed by atoms with Crippen molar-refractivity contribution in [2.75, 3.05) is 7.05 Å². The average molecular weight is 302 g/mol. The predicted molar refractivity (Wildman–Crippen MR) is 74.7 cm³/mol. The van der Waals surface area contributed by atoms with Gasteiger partial charge in [-0.3, -0.25) is 0 Å². The molecule has 0 saturated heterocycles. The zero-order valence-corrected chi connectivity index (χ0v) is 12.3. The molecule has 0 heterocycles. The molecular formula is C14H21BrFN. The van der Waals surface area contributed by atoms with Crippen LogP contribution >= 0.6 is 15.9 Å². The lowest BCUT2D eigenvalue weighted by molar-refractivity contribution is 0.393. The minimum atomic E-state index is -0.170. The maximum Gasteiger partial charge on any atom is 0.137 e. The summed E-state index contributed by atoms with van der Waals surface area (Å²) in [6, 6.07) is 5.78. The SMILES string of the molecule is CNC(CCCc1cccc(F)c1Br)C(C)C. The van der Waals surface area contributed by atoms with Crippen molar-refractivity contribution in [2.24, 2.45) is 5.92 Å². The zero-order valence-electron chi connectivity index (χ0n) is 10.8. The highest BCUT2D eigenvalue weighted by Crippen LogP contribution is 2.22. The fraction of sp³-hybridized carbons (Fsp3) is 0.571. The van der Waals surface area contributed by atoms with Crippen LogP contribution in [0.25, 0.3) is 0 Å². The predicted octanol–water partition coefficient (Wildman–Crippen LogP) is 4.15. The molecule has 0 fully saturated rings. The van der Waals surface area contributed by atoms with E-state index in [1.54, 1.807) is 6.07 Å². The summed E-state index contributed by atoms with van der Waals surface area (Å²) in [6.07, 6.45) is 3.12. The van der Waals surface area contributed by atoms with Crippen LogP contribution in [-0.2, 0) is 6.42 Å². The Labute approximate surface area is 112 Å². The fourth-order valence-electron chi connectivity index (χ4n) is 2.06. The van der Waals surface area contributed by atoms with Crippen LogP contribution in [0.4, 0.5) is 4.39 Å². The van der Waals surface area contributed by atoms with Gasteiger partial charge in [0.15, 0.2) is 0 Å². The maximum absolute atomic E-state index is 13.3. The van der Waals surface area contributed by atoms with Gasteiger partial charge in [-0.2, -0.15) is 0 Å². The normalized spacial score (nSPS) is 13.1. The van der Waals surface area contributed by atoms with Crippen LogP contribution in [-0.4, -0.2) is 13.1 Å². The summed E-state index contributed by atoms with van der Waals surface area (Å²) >= 11 is 3.30. The van der Waals surface area contributed by atoms with Gasteiger partial charge in [0, 0.05) is 6.04 Å². The van der Waals surface area contributed by atoms with E-state index in [2.05, 4.69) is 35.1 Å². The monoisotopic (exact) mass is 301 g/mol. The van der Waals surface area contributed by atoms with Crippen LogP contribution in [0.5, 0.6) is 0 Å². The first kappa shape index (κ1) is 14.7. The van der Waals surface area contributed by atoms with Gasteiger partial charge in [0.2, 0.25) is 0 Å². The number of halogens is 2. The molecule has 1 N–H and O–H groups in total. The molecule has 0 bridgehead atoms. The molecule has 0 aliphatic heterocycles. The van der Waals surface area contributed by atoms with Crippen molar-refractivity contribution >= 4 is 15.9 Å².